The fourth-order valence-electron chi connectivity index (χ4n) is 2.63. The number of anilines is 1. The third-order valence-electron chi connectivity index (χ3n) is 3.72. The predicted octanol–water partition coefficient (Wildman–Crippen LogP) is 3.39. The molecule has 1 saturated heterocycles. The van der Waals surface area contributed by atoms with Crippen molar-refractivity contribution in [3.8, 4) is 0 Å². The molecule has 1 fully saturated rings. The van der Waals surface area contributed by atoms with Gasteiger partial charge >= 0.3 is 0 Å². The Balaban J connectivity index is 2.02. The number of hydrogen-bond donors (Lipinski definition) is 0. The van der Waals surface area contributed by atoms with Gasteiger partial charge in [-0.1, -0.05) is 25.1 Å². The minimum atomic E-state index is 0.796. The summed E-state index contributed by atoms with van der Waals surface area (Å²) in [5, 5.41) is 2.57. The first-order valence-electron chi connectivity index (χ1n) is 6.34. The molecule has 0 N–H and O–H groups in total. The average Bonchev–Trinajstić information content (AvgIpc) is 2.76. The molecule has 88 valence electrons. The van der Waals surface area contributed by atoms with Gasteiger partial charge in [-0.05, 0) is 36.3 Å². The lowest BCUT2D eigenvalue weighted by atomic mass is 10.1. The summed E-state index contributed by atoms with van der Waals surface area (Å²) >= 11 is 0. The molecule has 0 amide bonds. The fourth-order valence-corrected chi connectivity index (χ4v) is 2.63. The van der Waals surface area contributed by atoms with Crippen LogP contribution < -0.4 is 4.90 Å². The molecular formula is C15H18N2. The third-order valence-corrected chi connectivity index (χ3v) is 3.72. The quantitative estimate of drug-likeness (QED) is 0.741. The second-order valence-electron chi connectivity index (χ2n) is 5.18. The van der Waals surface area contributed by atoms with E-state index >= 15 is 0 Å². The van der Waals surface area contributed by atoms with Crippen molar-refractivity contribution >= 4 is 16.6 Å². The van der Waals surface area contributed by atoms with Crippen LogP contribution in [0.1, 0.15) is 18.9 Å². The molecule has 17 heavy (non-hydrogen) atoms. The van der Waals surface area contributed by atoms with Gasteiger partial charge in [0.05, 0.1) is 0 Å². The highest BCUT2D eigenvalue weighted by molar-refractivity contribution is 5.86. The van der Waals surface area contributed by atoms with E-state index in [9.17, 15) is 0 Å². The van der Waals surface area contributed by atoms with E-state index < -0.39 is 0 Å². The molecule has 0 bridgehead atoms. The fraction of sp³-hybridized carbons (Fsp3) is 0.400. The Labute approximate surface area is 102 Å². The van der Waals surface area contributed by atoms with Crippen molar-refractivity contribution in [2.75, 3.05) is 18.0 Å². The van der Waals surface area contributed by atoms with Gasteiger partial charge in [-0.25, -0.2) is 4.98 Å². The Morgan fingerprint density at radius 2 is 2.24 bits per heavy atom. The zero-order valence-electron chi connectivity index (χ0n) is 10.5. The summed E-state index contributed by atoms with van der Waals surface area (Å²) in [5.41, 5.74) is 1.30. The lowest BCUT2D eigenvalue weighted by molar-refractivity contribution is 0.659. The van der Waals surface area contributed by atoms with Crippen molar-refractivity contribution in [1.29, 1.82) is 0 Å². The van der Waals surface area contributed by atoms with E-state index in [1.54, 1.807) is 0 Å². The monoisotopic (exact) mass is 226 g/mol. The van der Waals surface area contributed by atoms with Crippen LogP contribution in [-0.2, 0) is 0 Å². The van der Waals surface area contributed by atoms with Crippen LogP contribution in [-0.4, -0.2) is 18.1 Å². The van der Waals surface area contributed by atoms with Gasteiger partial charge in [0.1, 0.15) is 5.82 Å². The zero-order valence-corrected chi connectivity index (χ0v) is 10.5. The van der Waals surface area contributed by atoms with Crippen molar-refractivity contribution < 1.29 is 0 Å². The first-order valence-corrected chi connectivity index (χ1v) is 6.34. The van der Waals surface area contributed by atoms with Crippen LogP contribution in [0, 0.1) is 12.8 Å². The number of aromatic nitrogens is 1. The first-order chi connectivity index (χ1) is 8.24. The maximum atomic E-state index is 4.61. The first kappa shape index (κ1) is 10.6. The molecule has 1 aliphatic rings. The maximum absolute atomic E-state index is 4.61. The summed E-state index contributed by atoms with van der Waals surface area (Å²) in [6.45, 7) is 6.74. The summed E-state index contributed by atoms with van der Waals surface area (Å²) in [6.07, 6.45) is 3.30. The number of hydrogen-bond acceptors (Lipinski definition) is 2. The lowest BCUT2D eigenvalue weighted by Crippen LogP contribution is -2.20. The molecule has 0 radical (unpaired) electrons. The molecule has 1 aromatic heterocycles. The Bertz CT molecular complexity index is 548. The van der Waals surface area contributed by atoms with Crippen molar-refractivity contribution in [3.05, 3.63) is 36.0 Å². The highest BCUT2D eigenvalue weighted by Gasteiger charge is 2.19. The predicted molar refractivity (Wildman–Crippen MR) is 72.5 cm³/mol. The smallest absolute Gasteiger partial charge is 0.129 e. The molecule has 2 heteroatoms. The van der Waals surface area contributed by atoms with E-state index in [-0.39, 0.29) is 0 Å². The Morgan fingerprint density at radius 3 is 3.00 bits per heavy atom. The summed E-state index contributed by atoms with van der Waals surface area (Å²) in [5.74, 6) is 1.93. The summed E-state index contributed by atoms with van der Waals surface area (Å²) in [7, 11) is 0. The van der Waals surface area contributed by atoms with E-state index in [1.165, 1.54) is 22.8 Å². The minimum Gasteiger partial charge on any atom is -0.356 e. The third kappa shape index (κ3) is 1.88. The van der Waals surface area contributed by atoms with Crippen LogP contribution in [0.15, 0.2) is 30.5 Å². The number of pyridine rings is 1. The zero-order chi connectivity index (χ0) is 11.8. The molecule has 2 nitrogen and oxygen atoms in total. The van der Waals surface area contributed by atoms with Crippen LogP contribution >= 0.6 is 0 Å². The van der Waals surface area contributed by atoms with E-state index in [1.807, 2.05) is 6.20 Å². The molecule has 2 aromatic rings. The molecule has 0 aliphatic carbocycles. The number of aryl methyl sites for hydroxylation is 1. The molecule has 0 spiro atoms. The molecule has 2 heterocycles. The van der Waals surface area contributed by atoms with Crippen molar-refractivity contribution in [1.82, 2.24) is 4.98 Å². The number of rotatable bonds is 1. The van der Waals surface area contributed by atoms with Crippen LogP contribution in [0.5, 0.6) is 0 Å². The molecule has 1 atom stereocenters. The molecule has 1 unspecified atom stereocenters. The van der Waals surface area contributed by atoms with Crippen molar-refractivity contribution in [2.24, 2.45) is 5.92 Å². The Hall–Kier alpha value is -1.57. The van der Waals surface area contributed by atoms with Crippen LogP contribution in [0.25, 0.3) is 10.8 Å². The van der Waals surface area contributed by atoms with Gasteiger partial charge in [0, 0.05) is 24.7 Å². The van der Waals surface area contributed by atoms with Crippen LogP contribution in [0.3, 0.4) is 0 Å². The van der Waals surface area contributed by atoms with Crippen LogP contribution in [0.2, 0.25) is 0 Å². The molecule has 0 saturated carbocycles. The van der Waals surface area contributed by atoms with E-state index in [2.05, 4.69) is 48.0 Å². The van der Waals surface area contributed by atoms with Crippen molar-refractivity contribution in [2.45, 2.75) is 20.3 Å². The normalized spacial score (nSPS) is 20.1. The maximum Gasteiger partial charge on any atom is 0.129 e. The molecule has 3 rings (SSSR count). The van der Waals surface area contributed by atoms with Gasteiger partial charge < -0.3 is 4.90 Å². The standard InChI is InChI=1S/C15H18N2/c1-11-6-7-17(10-11)15-8-13-5-3-4-12(2)14(13)9-16-15/h3-5,8-9,11H,6-7,10H2,1-2H3. The number of benzene rings is 1. The Morgan fingerprint density at radius 1 is 1.35 bits per heavy atom. The second-order valence-corrected chi connectivity index (χ2v) is 5.18. The van der Waals surface area contributed by atoms with Gasteiger partial charge in [0.15, 0.2) is 0 Å². The minimum absolute atomic E-state index is 0.796. The van der Waals surface area contributed by atoms with E-state index in [4.69, 9.17) is 0 Å². The molecule has 1 aromatic carbocycles. The van der Waals surface area contributed by atoms with E-state index in [0.29, 0.717) is 0 Å². The SMILES string of the molecule is Cc1cccc2cc(N3CCC(C)C3)ncc12. The summed E-state index contributed by atoms with van der Waals surface area (Å²) in [6, 6.07) is 8.66. The van der Waals surface area contributed by atoms with Crippen molar-refractivity contribution in [3.63, 3.8) is 0 Å². The van der Waals surface area contributed by atoms with Gasteiger partial charge in [0.2, 0.25) is 0 Å². The largest absolute Gasteiger partial charge is 0.356 e. The molecule has 1 aliphatic heterocycles. The number of fused-ring (bicyclic) bond motifs is 1. The Kier molecular flexibility index (Phi) is 2.50. The lowest BCUT2D eigenvalue weighted by Gasteiger charge is -2.17. The second kappa shape index (κ2) is 4.02. The van der Waals surface area contributed by atoms with Gasteiger partial charge in [-0.2, -0.15) is 0 Å². The highest BCUT2D eigenvalue weighted by atomic mass is 15.2. The summed E-state index contributed by atoms with van der Waals surface area (Å²) < 4.78 is 0. The van der Waals surface area contributed by atoms with Gasteiger partial charge in [-0.15, -0.1) is 0 Å². The van der Waals surface area contributed by atoms with Gasteiger partial charge in [0.25, 0.3) is 0 Å². The highest BCUT2D eigenvalue weighted by Crippen LogP contribution is 2.25. The molecular weight excluding hydrogens is 208 g/mol. The van der Waals surface area contributed by atoms with Crippen LogP contribution in [0.4, 0.5) is 5.82 Å². The van der Waals surface area contributed by atoms with Gasteiger partial charge in [-0.3, -0.25) is 0 Å². The summed E-state index contributed by atoms with van der Waals surface area (Å²) in [4.78, 5) is 7.01. The topological polar surface area (TPSA) is 16.1 Å². The average molecular weight is 226 g/mol. The number of nitrogens with zero attached hydrogens (tertiary/aromatic N) is 2. The van der Waals surface area contributed by atoms with E-state index in [0.717, 1.165) is 24.8 Å².